The molecule has 1 heterocycles. The number of rotatable bonds is 10. The van der Waals surface area contributed by atoms with E-state index in [1.807, 2.05) is 0 Å². The van der Waals surface area contributed by atoms with Crippen LogP contribution in [0.25, 0.3) is 0 Å². The number of unbranched alkanes of at least 4 members (excludes halogenated alkanes) is 2. The normalized spacial score (nSPS) is 13.0. The van der Waals surface area contributed by atoms with Crippen molar-refractivity contribution in [1.29, 1.82) is 0 Å². The first-order chi connectivity index (χ1) is 17.3. The third-order valence-electron chi connectivity index (χ3n) is 5.97. The smallest absolute Gasteiger partial charge is 0.270 e. The zero-order chi connectivity index (χ0) is 25.7. The molecule has 3 amide bonds. The number of carbonyl (C=O) groups excluding carboxylic acids is 3. The summed E-state index contributed by atoms with van der Waals surface area (Å²) in [6.45, 7) is 0.241. The van der Waals surface area contributed by atoms with Crippen LogP contribution in [0.4, 0.5) is 5.69 Å². The van der Waals surface area contributed by atoms with Gasteiger partial charge in [0.1, 0.15) is 5.75 Å². The van der Waals surface area contributed by atoms with E-state index in [0.29, 0.717) is 36.1 Å². The zero-order valence-corrected chi connectivity index (χ0v) is 20.6. The molecule has 36 heavy (non-hydrogen) atoms. The molecule has 0 bridgehead atoms. The molecule has 9 heteroatoms. The minimum absolute atomic E-state index is 0.0137. The summed E-state index contributed by atoms with van der Waals surface area (Å²) < 4.78 is 32.7. The predicted molar refractivity (Wildman–Crippen MR) is 134 cm³/mol. The molecule has 8 nitrogen and oxygen atoms in total. The van der Waals surface area contributed by atoms with Crippen LogP contribution in [0.15, 0.2) is 83.8 Å². The minimum Gasteiger partial charge on any atom is -0.497 e. The molecule has 0 saturated heterocycles. The molecule has 3 aromatic carbocycles. The first-order valence-corrected chi connectivity index (χ1v) is 13.0. The number of methoxy groups -OCH3 is 1. The number of carbonyl (C=O) groups is 3. The van der Waals surface area contributed by atoms with Crippen LogP contribution in [-0.2, 0) is 14.8 Å². The number of hydrogen-bond acceptors (Lipinski definition) is 6. The molecule has 0 aliphatic carbocycles. The molecule has 3 aromatic rings. The van der Waals surface area contributed by atoms with Crippen molar-refractivity contribution < 1.29 is 27.5 Å². The molecule has 0 unspecified atom stereocenters. The summed E-state index contributed by atoms with van der Waals surface area (Å²) in [5.74, 6) is -0.654. The van der Waals surface area contributed by atoms with Crippen molar-refractivity contribution in [2.24, 2.45) is 0 Å². The number of amides is 3. The fraction of sp³-hybridized carbons (Fsp3) is 0.222. The summed E-state index contributed by atoms with van der Waals surface area (Å²) in [5, 5.41) is 0. The summed E-state index contributed by atoms with van der Waals surface area (Å²) in [5.41, 5.74) is 1.02. The Labute approximate surface area is 210 Å². The topological polar surface area (TPSA) is 101 Å². The van der Waals surface area contributed by atoms with Crippen LogP contribution in [-0.4, -0.2) is 44.7 Å². The second-order valence-corrected chi connectivity index (χ2v) is 10.1. The molecule has 0 atom stereocenters. The van der Waals surface area contributed by atoms with Gasteiger partial charge in [0, 0.05) is 13.0 Å². The van der Waals surface area contributed by atoms with Gasteiger partial charge in [0.05, 0.1) is 28.8 Å². The van der Waals surface area contributed by atoms with Gasteiger partial charge in [-0.05, 0) is 61.4 Å². The largest absolute Gasteiger partial charge is 0.497 e. The Morgan fingerprint density at radius 1 is 0.806 bits per heavy atom. The lowest BCUT2D eigenvalue weighted by atomic mass is 10.1. The van der Waals surface area contributed by atoms with E-state index < -0.39 is 15.9 Å². The molecule has 186 valence electrons. The fourth-order valence-corrected chi connectivity index (χ4v) is 5.57. The Balaban J connectivity index is 1.41. The van der Waals surface area contributed by atoms with E-state index in [1.54, 1.807) is 54.6 Å². The summed E-state index contributed by atoms with van der Waals surface area (Å²) in [6, 6.07) is 20.7. The van der Waals surface area contributed by atoms with Gasteiger partial charge in [0.2, 0.25) is 5.91 Å². The highest BCUT2D eigenvalue weighted by Crippen LogP contribution is 2.27. The molecule has 0 fully saturated rings. The van der Waals surface area contributed by atoms with Crippen molar-refractivity contribution >= 4 is 33.4 Å². The van der Waals surface area contributed by atoms with Crippen LogP contribution in [0, 0.1) is 0 Å². The van der Waals surface area contributed by atoms with Crippen molar-refractivity contribution in [1.82, 2.24) is 4.90 Å². The van der Waals surface area contributed by atoms with Crippen LogP contribution in [0.2, 0.25) is 0 Å². The Morgan fingerprint density at radius 3 is 1.97 bits per heavy atom. The second kappa shape index (κ2) is 10.7. The van der Waals surface area contributed by atoms with Gasteiger partial charge < -0.3 is 4.74 Å². The van der Waals surface area contributed by atoms with Gasteiger partial charge in [-0.2, -0.15) is 0 Å². The molecule has 0 N–H and O–H groups in total. The number of sulfonamides is 1. The summed E-state index contributed by atoms with van der Waals surface area (Å²) in [6.07, 6.45) is 1.44. The molecule has 0 radical (unpaired) electrons. The van der Waals surface area contributed by atoms with Crippen LogP contribution in [0.5, 0.6) is 5.75 Å². The maximum absolute atomic E-state index is 13.4. The third-order valence-corrected chi connectivity index (χ3v) is 7.73. The first kappa shape index (κ1) is 25.1. The first-order valence-electron chi connectivity index (χ1n) is 11.6. The molecular weight excluding hydrogens is 480 g/mol. The second-order valence-electron chi connectivity index (χ2n) is 8.29. The lowest BCUT2D eigenvalue weighted by Crippen LogP contribution is -2.37. The molecule has 1 aliphatic heterocycles. The molecule has 0 spiro atoms. The van der Waals surface area contributed by atoms with Crippen LogP contribution < -0.4 is 9.04 Å². The average Bonchev–Trinajstić information content (AvgIpc) is 3.14. The molecule has 0 saturated carbocycles. The molecular formula is C27H26N2O6S. The highest BCUT2D eigenvalue weighted by molar-refractivity contribution is 7.93. The van der Waals surface area contributed by atoms with Crippen molar-refractivity contribution in [3.63, 3.8) is 0 Å². The molecule has 4 rings (SSSR count). The van der Waals surface area contributed by atoms with E-state index in [2.05, 4.69) is 0 Å². The Bertz CT molecular complexity index is 1340. The van der Waals surface area contributed by atoms with Crippen LogP contribution in [0.1, 0.15) is 46.4 Å². The summed E-state index contributed by atoms with van der Waals surface area (Å²) in [4.78, 5) is 39.4. The van der Waals surface area contributed by atoms with E-state index >= 15 is 0 Å². The quantitative estimate of drug-likeness (QED) is 0.301. The maximum atomic E-state index is 13.4. The zero-order valence-electron chi connectivity index (χ0n) is 19.8. The van der Waals surface area contributed by atoms with Gasteiger partial charge in [0.15, 0.2) is 0 Å². The van der Waals surface area contributed by atoms with Crippen molar-refractivity contribution in [2.75, 3.05) is 18.0 Å². The van der Waals surface area contributed by atoms with Crippen molar-refractivity contribution in [3.8, 4) is 5.75 Å². The minimum atomic E-state index is -4.13. The summed E-state index contributed by atoms with van der Waals surface area (Å²) >= 11 is 0. The van der Waals surface area contributed by atoms with E-state index in [4.69, 9.17) is 4.74 Å². The number of ether oxygens (including phenoxy) is 1. The van der Waals surface area contributed by atoms with Crippen LogP contribution >= 0.6 is 0 Å². The number of fused-ring (bicyclic) bond motifs is 1. The molecule has 1 aliphatic rings. The Kier molecular flexibility index (Phi) is 7.49. The summed E-state index contributed by atoms with van der Waals surface area (Å²) in [7, 11) is -2.63. The van der Waals surface area contributed by atoms with E-state index in [0.717, 1.165) is 4.31 Å². The highest BCUT2D eigenvalue weighted by Gasteiger charge is 2.34. The van der Waals surface area contributed by atoms with Gasteiger partial charge in [-0.1, -0.05) is 36.8 Å². The number of nitrogens with zero attached hydrogens (tertiary/aromatic N) is 2. The highest BCUT2D eigenvalue weighted by atomic mass is 32.2. The van der Waals surface area contributed by atoms with Crippen molar-refractivity contribution in [2.45, 2.75) is 30.6 Å². The Morgan fingerprint density at radius 2 is 1.39 bits per heavy atom. The predicted octanol–water partition coefficient (Wildman–Crippen LogP) is 4.27. The Hall–Kier alpha value is -3.98. The number of hydrogen-bond donors (Lipinski definition) is 0. The van der Waals surface area contributed by atoms with Crippen molar-refractivity contribution in [3.05, 3.63) is 90.0 Å². The van der Waals surface area contributed by atoms with E-state index in [-0.39, 0.29) is 35.4 Å². The number of anilines is 1. The lowest BCUT2D eigenvalue weighted by Gasteiger charge is -2.23. The van der Waals surface area contributed by atoms with Gasteiger partial charge in [0.25, 0.3) is 21.8 Å². The van der Waals surface area contributed by atoms with Crippen LogP contribution in [0.3, 0.4) is 0 Å². The third kappa shape index (κ3) is 5.01. The van der Waals surface area contributed by atoms with Gasteiger partial charge >= 0.3 is 0 Å². The number of imide groups is 1. The van der Waals surface area contributed by atoms with Gasteiger partial charge in [-0.25, -0.2) is 12.7 Å². The SMILES string of the molecule is COc1ccc(N(C(=O)CCCCCN2C(=O)c3ccccc3C2=O)S(=O)(=O)c2ccccc2)cc1. The van der Waals surface area contributed by atoms with Gasteiger partial charge in [-0.3, -0.25) is 19.3 Å². The average molecular weight is 507 g/mol. The standard InChI is InChI=1S/C27H26N2O6S/c1-35-21-17-15-20(16-18-21)29(36(33,34)22-10-4-2-5-11-22)25(30)14-6-3-9-19-28-26(31)23-12-7-8-13-24(23)27(28)32/h2,4-5,7-8,10-13,15-18H,3,6,9,14,19H2,1H3. The van der Waals surface area contributed by atoms with E-state index in [9.17, 15) is 22.8 Å². The van der Waals surface area contributed by atoms with E-state index in [1.165, 1.54) is 36.3 Å². The number of benzene rings is 3. The maximum Gasteiger partial charge on any atom is 0.270 e. The van der Waals surface area contributed by atoms with Gasteiger partial charge in [-0.15, -0.1) is 0 Å². The fourth-order valence-electron chi connectivity index (χ4n) is 4.10. The molecule has 0 aromatic heterocycles. The lowest BCUT2D eigenvalue weighted by molar-refractivity contribution is -0.117. The monoisotopic (exact) mass is 506 g/mol.